The Kier molecular flexibility index (Phi) is 11.1. The van der Waals surface area contributed by atoms with Crippen molar-refractivity contribution in [2.45, 2.75) is 71.1 Å². The van der Waals surface area contributed by atoms with Crippen molar-refractivity contribution in [3.63, 3.8) is 0 Å². The zero-order valence-electron chi connectivity index (χ0n) is 14.1. The summed E-state index contributed by atoms with van der Waals surface area (Å²) in [7, 11) is 0. The van der Waals surface area contributed by atoms with E-state index in [1.807, 2.05) is 18.2 Å². The zero-order valence-corrected chi connectivity index (χ0v) is 14.1. The lowest BCUT2D eigenvalue weighted by molar-refractivity contribution is 0.474. The average molecular weight is 300 g/mol. The van der Waals surface area contributed by atoms with Crippen molar-refractivity contribution >= 4 is 0 Å². The molecule has 0 saturated heterocycles. The summed E-state index contributed by atoms with van der Waals surface area (Å²) >= 11 is 0. The van der Waals surface area contributed by atoms with Crippen LogP contribution in [0.25, 0.3) is 0 Å². The van der Waals surface area contributed by atoms with E-state index < -0.39 is 0 Å². The molecule has 0 spiro atoms. The molecule has 0 bridgehead atoms. The Morgan fingerprint density at radius 3 is 2.23 bits per heavy atom. The average Bonchev–Trinajstić information content (AvgIpc) is 2.52. The standard InChI is InChI=1S/C21H32O/c1-2-3-4-5-6-7-8-9-10-11-12-13-14-16-20-17-15-18-21(22)19-20/h8-9,13-15,17-19,22H,2-7,10-12,16H2,1H3/b9-8+,14-13+. The number of allylic oxidation sites excluding steroid dienone is 4. The number of hydrogen-bond acceptors (Lipinski definition) is 1. The van der Waals surface area contributed by atoms with E-state index in [1.54, 1.807) is 6.07 Å². The summed E-state index contributed by atoms with van der Waals surface area (Å²) in [5, 5.41) is 9.39. The molecule has 0 radical (unpaired) electrons. The first-order valence-corrected chi connectivity index (χ1v) is 8.91. The summed E-state index contributed by atoms with van der Waals surface area (Å²) in [4.78, 5) is 0. The van der Waals surface area contributed by atoms with E-state index in [2.05, 4.69) is 31.2 Å². The highest BCUT2D eigenvalue weighted by molar-refractivity contribution is 5.28. The molecule has 0 heterocycles. The Bertz CT molecular complexity index is 431. The van der Waals surface area contributed by atoms with E-state index in [0.717, 1.165) is 12.8 Å². The van der Waals surface area contributed by atoms with Crippen molar-refractivity contribution in [1.82, 2.24) is 0 Å². The normalized spacial score (nSPS) is 11.7. The minimum Gasteiger partial charge on any atom is -0.508 e. The molecule has 0 fully saturated rings. The third kappa shape index (κ3) is 10.3. The van der Waals surface area contributed by atoms with Crippen LogP contribution in [0, 0.1) is 0 Å². The van der Waals surface area contributed by atoms with Crippen LogP contribution in [0.15, 0.2) is 48.6 Å². The van der Waals surface area contributed by atoms with Gasteiger partial charge in [-0.1, -0.05) is 69.0 Å². The van der Waals surface area contributed by atoms with E-state index in [4.69, 9.17) is 0 Å². The SMILES string of the molecule is CCCCCCC/C=C/CCC/C=C/Cc1cccc(O)c1. The van der Waals surface area contributed by atoms with Crippen LogP contribution in [0.3, 0.4) is 0 Å². The van der Waals surface area contributed by atoms with Crippen molar-refractivity contribution in [3.8, 4) is 5.75 Å². The summed E-state index contributed by atoms with van der Waals surface area (Å²) in [5.41, 5.74) is 1.17. The van der Waals surface area contributed by atoms with Crippen LogP contribution in [0.4, 0.5) is 0 Å². The highest BCUT2D eigenvalue weighted by Gasteiger charge is 1.91. The molecule has 1 aromatic rings. The molecule has 0 aliphatic heterocycles. The third-order valence-corrected chi connectivity index (χ3v) is 3.81. The first-order valence-electron chi connectivity index (χ1n) is 8.91. The Morgan fingerprint density at radius 1 is 0.818 bits per heavy atom. The second-order valence-corrected chi connectivity index (χ2v) is 5.95. The Morgan fingerprint density at radius 2 is 1.50 bits per heavy atom. The number of phenols is 1. The maximum Gasteiger partial charge on any atom is 0.115 e. The lowest BCUT2D eigenvalue weighted by Gasteiger charge is -1.97. The lowest BCUT2D eigenvalue weighted by atomic mass is 10.1. The van der Waals surface area contributed by atoms with Gasteiger partial charge in [-0.2, -0.15) is 0 Å². The number of hydrogen-bond donors (Lipinski definition) is 1. The maximum atomic E-state index is 9.39. The smallest absolute Gasteiger partial charge is 0.115 e. The fourth-order valence-corrected chi connectivity index (χ4v) is 2.48. The van der Waals surface area contributed by atoms with Crippen LogP contribution in [-0.2, 0) is 6.42 Å². The lowest BCUT2D eigenvalue weighted by Crippen LogP contribution is -1.79. The van der Waals surface area contributed by atoms with Gasteiger partial charge in [0.2, 0.25) is 0 Å². The van der Waals surface area contributed by atoms with Crippen LogP contribution in [0.1, 0.15) is 70.3 Å². The van der Waals surface area contributed by atoms with E-state index in [-0.39, 0.29) is 0 Å². The van der Waals surface area contributed by atoms with Gasteiger partial charge in [-0.3, -0.25) is 0 Å². The molecule has 0 unspecified atom stereocenters. The fourth-order valence-electron chi connectivity index (χ4n) is 2.48. The molecular formula is C21H32O. The molecule has 1 aromatic carbocycles. The summed E-state index contributed by atoms with van der Waals surface area (Å²) < 4.78 is 0. The predicted octanol–water partition coefficient (Wildman–Crippen LogP) is 6.58. The molecule has 0 amide bonds. The number of phenolic OH excluding ortho intramolecular Hbond substituents is 1. The zero-order chi connectivity index (χ0) is 15.9. The molecular weight excluding hydrogens is 268 g/mol. The van der Waals surface area contributed by atoms with Crippen molar-refractivity contribution in [2.24, 2.45) is 0 Å². The molecule has 0 atom stereocenters. The molecule has 1 nitrogen and oxygen atoms in total. The monoisotopic (exact) mass is 300 g/mol. The van der Waals surface area contributed by atoms with Crippen LogP contribution in [0.5, 0.6) is 5.75 Å². The number of benzene rings is 1. The summed E-state index contributed by atoms with van der Waals surface area (Å²) in [6.07, 6.45) is 21.7. The largest absolute Gasteiger partial charge is 0.508 e. The van der Waals surface area contributed by atoms with Gasteiger partial charge in [0.1, 0.15) is 5.75 Å². The van der Waals surface area contributed by atoms with Gasteiger partial charge in [0.25, 0.3) is 0 Å². The summed E-state index contributed by atoms with van der Waals surface area (Å²) in [6.45, 7) is 2.26. The van der Waals surface area contributed by atoms with Gasteiger partial charge in [-0.05, 0) is 56.2 Å². The van der Waals surface area contributed by atoms with Gasteiger partial charge >= 0.3 is 0 Å². The number of unbranched alkanes of at least 4 members (excludes halogenated alkanes) is 7. The van der Waals surface area contributed by atoms with Crippen molar-refractivity contribution in [3.05, 3.63) is 54.1 Å². The molecule has 1 rings (SSSR count). The minimum atomic E-state index is 0.353. The summed E-state index contributed by atoms with van der Waals surface area (Å²) in [6, 6.07) is 7.48. The number of aromatic hydroxyl groups is 1. The molecule has 0 aliphatic carbocycles. The van der Waals surface area contributed by atoms with Gasteiger partial charge in [0.15, 0.2) is 0 Å². The van der Waals surface area contributed by atoms with Crippen LogP contribution < -0.4 is 0 Å². The van der Waals surface area contributed by atoms with Gasteiger partial charge < -0.3 is 5.11 Å². The predicted molar refractivity (Wildman–Crippen MR) is 97.3 cm³/mol. The Balaban J connectivity index is 1.95. The molecule has 22 heavy (non-hydrogen) atoms. The first kappa shape index (κ1) is 18.5. The fraction of sp³-hybridized carbons (Fsp3) is 0.524. The van der Waals surface area contributed by atoms with Crippen LogP contribution >= 0.6 is 0 Å². The van der Waals surface area contributed by atoms with Crippen molar-refractivity contribution in [1.29, 1.82) is 0 Å². The summed E-state index contributed by atoms with van der Waals surface area (Å²) in [5.74, 6) is 0.353. The van der Waals surface area contributed by atoms with E-state index >= 15 is 0 Å². The first-order chi connectivity index (χ1) is 10.8. The second kappa shape index (κ2) is 13.2. The van der Waals surface area contributed by atoms with E-state index in [9.17, 15) is 5.11 Å². The third-order valence-electron chi connectivity index (χ3n) is 3.81. The highest BCUT2D eigenvalue weighted by atomic mass is 16.3. The second-order valence-electron chi connectivity index (χ2n) is 5.95. The Labute approximate surface area is 136 Å². The van der Waals surface area contributed by atoms with E-state index in [0.29, 0.717) is 5.75 Å². The topological polar surface area (TPSA) is 20.2 Å². The van der Waals surface area contributed by atoms with Crippen LogP contribution in [0.2, 0.25) is 0 Å². The van der Waals surface area contributed by atoms with Gasteiger partial charge in [-0.15, -0.1) is 0 Å². The van der Waals surface area contributed by atoms with Gasteiger partial charge in [0, 0.05) is 0 Å². The molecule has 0 saturated carbocycles. The molecule has 1 heteroatoms. The Hall–Kier alpha value is -1.50. The molecule has 0 aliphatic rings. The minimum absolute atomic E-state index is 0.353. The van der Waals surface area contributed by atoms with Crippen LogP contribution in [-0.4, -0.2) is 5.11 Å². The molecule has 1 N–H and O–H groups in total. The van der Waals surface area contributed by atoms with Gasteiger partial charge in [-0.25, -0.2) is 0 Å². The molecule has 0 aromatic heterocycles. The number of rotatable bonds is 12. The quantitative estimate of drug-likeness (QED) is 0.341. The van der Waals surface area contributed by atoms with Crippen molar-refractivity contribution in [2.75, 3.05) is 0 Å². The highest BCUT2D eigenvalue weighted by Crippen LogP contribution is 2.12. The maximum absolute atomic E-state index is 9.39. The van der Waals surface area contributed by atoms with E-state index in [1.165, 1.54) is 56.9 Å². The molecule has 122 valence electrons. The van der Waals surface area contributed by atoms with Crippen molar-refractivity contribution < 1.29 is 5.11 Å². The van der Waals surface area contributed by atoms with Gasteiger partial charge in [0.05, 0.1) is 0 Å².